The average Bonchev–Trinajstić information content (AvgIpc) is 3.40. The number of rotatable bonds is 10. The number of nitrogens with one attached hydrogen (secondary N) is 2. The lowest BCUT2D eigenvalue weighted by molar-refractivity contribution is -0.384. The van der Waals surface area contributed by atoms with Gasteiger partial charge in [0.1, 0.15) is 31.8 Å². The molecule has 0 aromatic heterocycles. The van der Waals surface area contributed by atoms with Crippen LogP contribution in [0.5, 0.6) is 0 Å². The van der Waals surface area contributed by atoms with Crippen LogP contribution in [-0.4, -0.2) is 58.9 Å². The van der Waals surface area contributed by atoms with E-state index in [4.69, 9.17) is 9.47 Å². The van der Waals surface area contributed by atoms with Crippen LogP contribution in [0.1, 0.15) is 30.9 Å². The van der Waals surface area contributed by atoms with E-state index in [1.165, 1.54) is 36.1 Å². The third-order valence-electron chi connectivity index (χ3n) is 5.71. The molecule has 0 unspecified atom stereocenters. The molecule has 1 aliphatic heterocycles. The maximum absolute atomic E-state index is 12.8. The smallest absolute Gasteiger partial charge is 0.407 e. The summed E-state index contributed by atoms with van der Waals surface area (Å²) < 4.78 is 10.3. The Morgan fingerprint density at radius 2 is 1.68 bits per heavy atom. The molecule has 3 rings (SSSR count). The number of alkyl carbamates (subject to hydrolysis) is 1. The lowest BCUT2D eigenvalue weighted by Gasteiger charge is -2.25. The van der Waals surface area contributed by atoms with E-state index in [0.29, 0.717) is 24.9 Å². The highest BCUT2D eigenvalue weighted by Gasteiger charge is 2.35. The molecule has 2 N–H and O–H groups in total. The van der Waals surface area contributed by atoms with Gasteiger partial charge in [-0.1, -0.05) is 30.3 Å². The van der Waals surface area contributed by atoms with Gasteiger partial charge in [0.2, 0.25) is 11.8 Å². The first-order valence-corrected chi connectivity index (χ1v) is 11.7. The molecule has 1 saturated heterocycles. The van der Waals surface area contributed by atoms with Gasteiger partial charge >= 0.3 is 12.1 Å². The minimum absolute atomic E-state index is 0.0633. The maximum Gasteiger partial charge on any atom is 0.407 e. The highest BCUT2D eigenvalue weighted by molar-refractivity contribution is 5.92. The summed E-state index contributed by atoms with van der Waals surface area (Å²) in [4.78, 5) is 61.2. The van der Waals surface area contributed by atoms with E-state index in [0.717, 1.165) is 5.56 Å². The van der Waals surface area contributed by atoms with E-state index >= 15 is 0 Å². The van der Waals surface area contributed by atoms with Crippen molar-refractivity contribution >= 4 is 29.6 Å². The zero-order valence-corrected chi connectivity index (χ0v) is 20.3. The number of carbonyl (C=O) groups excluding carboxylic acids is 4. The molecule has 196 valence electrons. The number of nitro groups is 1. The number of nitro benzene ring substituents is 1. The number of nitrogens with zero attached hydrogens (tertiary/aromatic N) is 2. The van der Waals surface area contributed by atoms with Gasteiger partial charge in [-0.2, -0.15) is 0 Å². The van der Waals surface area contributed by atoms with E-state index in [9.17, 15) is 29.3 Å². The molecule has 0 saturated carbocycles. The first kappa shape index (κ1) is 27.1. The van der Waals surface area contributed by atoms with Gasteiger partial charge in [0.25, 0.3) is 5.69 Å². The molecule has 0 spiro atoms. The molecule has 0 radical (unpaired) electrons. The Morgan fingerprint density at radius 3 is 2.35 bits per heavy atom. The zero-order valence-electron chi connectivity index (χ0n) is 20.3. The molecular weight excluding hydrogens is 484 g/mol. The predicted octanol–water partition coefficient (Wildman–Crippen LogP) is 2.06. The van der Waals surface area contributed by atoms with Crippen LogP contribution in [0.25, 0.3) is 0 Å². The largest absolute Gasteiger partial charge is 0.459 e. The van der Waals surface area contributed by atoms with Crippen LogP contribution in [0.4, 0.5) is 10.5 Å². The number of non-ortho nitro benzene ring substituents is 1. The van der Waals surface area contributed by atoms with E-state index < -0.39 is 40.9 Å². The van der Waals surface area contributed by atoms with Crippen molar-refractivity contribution in [3.8, 4) is 0 Å². The van der Waals surface area contributed by atoms with Crippen molar-refractivity contribution in [1.29, 1.82) is 0 Å². The fraction of sp³-hybridized carbons (Fsp3) is 0.360. The first-order valence-electron chi connectivity index (χ1n) is 11.7. The third-order valence-corrected chi connectivity index (χ3v) is 5.71. The Kier molecular flexibility index (Phi) is 9.53. The Morgan fingerprint density at radius 1 is 1.03 bits per heavy atom. The quantitative estimate of drug-likeness (QED) is 0.278. The summed E-state index contributed by atoms with van der Waals surface area (Å²) in [5.41, 5.74) is 1.28. The first-order chi connectivity index (χ1) is 17.7. The molecule has 1 fully saturated rings. The molecule has 37 heavy (non-hydrogen) atoms. The van der Waals surface area contributed by atoms with Crippen LogP contribution in [0.2, 0.25) is 0 Å². The standard InChI is InChI=1S/C25H28N4O8/c1-17(24(32)36-15-19-9-11-20(12-10-19)29(34)35)27-23(31)21-8-5-13-28(21)22(30)14-26-25(33)37-16-18-6-3-2-4-7-18/h2-4,6-7,9-12,17,21H,5,8,13-16H2,1H3,(H,26,33)(H,27,31)/t17-,21+/m1/s1. The Balaban J connectivity index is 1.42. The van der Waals surface area contributed by atoms with Crippen LogP contribution in [-0.2, 0) is 37.1 Å². The number of hydrogen-bond donors (Lipinski definition) is 2. The minimum Gasteiger partial charge on any atom is -0.459 e. The Hall–Kier alpha value is -4.48. The number of esters is 1. The molecule has 12 heteroatoms. The monoisotopic (exact) mass is 512 g/mol. The molecule has 0 aliphatic carbocycles. The predicted molar refractivity (Wildman–Crippen MR) is 130 cm³/mol. The van der Waals surface area contributed by atoms with Gasteiger partial charge in [-0.3, -0.25) is 19.7 Å². The molecule has 3 amide bonds. The Labute approximate surface area is 213 Å². The Bertz CT molecular complexity index is 1120. The normalized spacial score (nSPS) is 15.4. The van der Waals surface area contributed by atoms with Crippen LogP contribution in [0.3, 0.4) is 0 Å². The second-order valence-corrected chi connectivity index (χ2v) is 8.42. The summed E-state index contributed by atoms with van der Waals surface area (Å²) in [5, 5.41) is 15.7. The summed E-state index contributed by atoms with van der Waals surface area (Å²) >= 11 is 0. The molecule has 2 aromatic carbocycles. The number of carbonyl (C=O) groups is 4. The van der Waals surface area contributed by atoms with E-state index in [1.807, 2.05) is 18.2 Å². The van der Waals surface area contributed by atoms with Gasteiger partial charge in [-0.15, -0.1) is 0 Å². The van der Waals surface area contributed by atoms with Gasteiger partial charge in [0.05, 0.1) is 4.92 Å². The second kappa shape index (κ2) is 13.0. The number of ether oxygens (including phenoxy) is 2. The van der Waals surface area contributed by atoms with Gasteiger partial charge in [-0.05, 0) is 43.0 Å². The van der Waals surface area contributed by atoms with Crippen molar-refractivity contribution in [2.24, 2.45) is 0 Å². The molecule has 0 bridgehead atoms. The topological polar surface area (TPSA) is 157 Å². The number of amides is 3. The third kappa shape index (κ3) is 8.02. The summed E-state index contributed by atoms with van der Waals surface area (Å²) in [5.74, 6) is -1.63. The van der Waals surface area contributed by atoms with Gasteiger partial charge < -0.3 is 25.0 Å². The molecule has 2 atom stereocenters. The van der Waals surface area contributed by atoms with Gasteiger partial charge in [0.15, 0.2) is 0 Å². The number of likely N-dealkylation sites (tertiary alicyclic amines) is 1. The molecule has 1 heterocycles. The maximum atomic E-state index is 12.8. The van der Waals surface area contributed by atoms with E-state index in [1.54, 1.807) is 12.1 Å². The van der Waals surface area contributed by atoms with Crippen molar-refractivity contribution in [1.82, 2.24) is 15.5 Å². The van der Waals surface area contributed by atoms with Gasteiger partial charge in [0, 0.05) is 18.7 Å². The van der Waals surface area contributed by atoms with Crippen molar-refractivity contribution < 1.29 is 33.6 Å². The minimum atomic E-state index is -0.978. The summed E-state index contributed by atoms with van der Waals surface area (Å²) in [6.45, 7) is 1.42. The van der Waals surface area contributed by atoms with Crippen LogP contribution < -0.4 is 10.6 Å². The summed E-state index contributed by atoms with van der Waals surface area (Å²) in [6.07, 6.45) is 0.267. The zero-order chi connectivity index (χ0) is 26.8. The van der Waals surface area contributed by atoms with Crippen molar-refractivity contribution in [2.75, 3.05) is 13.1 Å². The SMILES string of the molecule is C[C@@H](NC(=O)[C@@H]1CCCN1C(=O)CNC(=O)OCc1ccccc1)C(=O)OCc1ccc([N+](=O)[O-])cc1. The summed E-state index contributed by atoms with van der Waals surface area (Å²) in [7, 11) is 0. The molecule has 1 aliphatic rings. The number of benzene rings is 2. The van der Waals surface area contributed by atoms with Crippen LogP contribution >= 0.6 is 0 Å². The van der Waals surface area contributed by atoms with Crippen molar-refractivity contribution in [3.63, 3.8) is 0 Å². The van der Waals surface area contributed by atoms with Crippen molar-refractivity contribution in [2.45, 2.75) is 45.1 Å². The molecular formula is C25H28N4O8. The van der Waals surface area contributed by atoms with Crippen molar-refractivity contribution in [3.05, 3.63) is 75.8 Å². The summed E-state index contributed by atoms with van der Waals surface area (Å²) in [6, 6.07) is 12.9. The second-order valence-electron chi connectivity index (χ2n) is 8.42. The number of hydrogen-bond acceptors (Lipinski definition) is 8. The molecule has 2 aromatic rings. The lowest BCUT2D eigenvalue weighted by Crippen LogP contribution is -2.52. The molecule has 12 nitrogen and oxygen atoms in total. The van der Waals surface area contributed by atoms with E-state index in [-0.39, 0.29) is 25.4 Å². The van der Waals surface area contributed by atoms with Gasteiger partial charge in [-0.25, -0.2) is 9.59 Å². The fourth-order valence-electron chi connectivity index (χ4n) is 3.72. The average molecular weight is 513 g/mol. The van der Waals surface area contributed by atoms with Crippen LogP contribution in [0.15, 0.2) is 54.6 Å². The van der Waals surface area contributed by atoms with Crippen LogP contribution in [0, 0.1) is 10.1 Å². The lowest BCUT2D eigenvalue weighted by atomic mass is 10.2. The highest BCUT2D eigenvalue weighted by Crippen LogP contribution is 2.18. The highest BCUT2D eigenvalue weighted by atomic mass is 16.6. The fourth-order valence-corrected chi connectivity index (χ4v) is 3.72. The van der Waals surface area contributed by atoms with E-state index in [2.05, 4.69) is 10.6 Å².